The molecule has 1 aliphatic carbocycles. The van der Waals surface area contributed by atoms with Crippen molar-refractivity contribution in [3.05, 3.63) is 83.9 Å². The Morgan fingerprint density at radius 1 is 0.930 bits per heavy atom. The third-order valence-corrected chi connectivity index (χ3v) is 9.59. The quantitative estimate of drug-likeness (QED) is 0.291. The second kappa shape index (κ2) is 14.4. The van der Waals surface area contributed by atoms with Crippen molar-refractivity contribution < 1.29 is 27.5 Å². The fourth-order valence-corrected chi connectivity index (χ4v) is 6.79. The van der Waals surface area contributed by atoms with Crippen LogP contribution in [0.1, 0.15) is 50.2 Å². The number of rotatable bonds is 13. The highest BCUT2D eigenvalue weighted by Gasteiger charge is 2.34. The average molecular weight is 608 g/mol. The van der Waals surface area contributed by atoms with Gasteiger partial charge in [0.15, 0.2) is 0 Å². The molecule has 0 bridgehead atoms. The van der Waals surface area contributed by atoms with Crippen molar-refractivity contribution in [3.8, 4) is 11.5 Å². The minimum atomic E-state index is -4.17. The molecule has 9 nitrogen and oxygen atoms in total. The highest BCUT2D eigenvalue weighted by Crippen LogP contribution is 2.28. The second-order valence-electron chi connectivity index (χ2n) is 10.8. The summed E-state index contributed by atoms with van der Waals surface area (Å²) in [5.74, 6) is 0.327. The van der Waals surface area contributed by atoms with E-state index < -0.39 is 28.5 Å². The Morgan fingerprint density at radius 2 is 1.56 bits per heavy atom. The number of nitrogens with one attached hydrogen (secondary N) is 1. The molecule has 0 saturated heterocycles. The highest BCUT2D eigenvalue weighted by molar-refractivity contribution is 7.92. The van der Waals surface area contributed by atoms with Crippen molar-refractivity contribution in [2.75, 3.05) is 25.1 Å². The Labute approximate surface area is 254 Å². The second-order valence-corrected chi connectivity index (χ2v) is 12.7. The zero-order valence-electron chi connectivity index (χ0n) is 25.3. The SMILES string of the molecule is CCC(C(=O)NC1CCCC1)N(Cc1cccc(OC)c1)C(=O)CN(c1cccc(OC)c1)S(=O)(=O)c1ccc(C)cc1. The number of benzene rings is 3. The van der Waals surface area contributed by atoms with E-state index in [1.165, 1.54) is 24.1 Å². The van der Waals surface area contributed by atoms with Crippen LogP contribution in [-0.2, 0) is 26.2 Å². The van der Waals surface area contributed by atoms with Crippen LogP contribution < -0.4 is 19.1 Å². The summed E-state index contributed by atoms with van der Waals surface area (Å²) in [6.07, 6.45) is 4.29. The molecule has 0 aromatic heterocycles. The maximum Gasteiger partial charge on any atom is 0.264 e. The molecule has 4 rings (SSSR count). The topological polar surface area (TPSA) is 105 Å². The lowest BCUT2D eigenvalue weighted by Gasteiger charge is -2.34. The normalized spacial score (nSPS) is 14.1. The standard InChI is InChI=1S/C33H41N3O6S/c1-5-31(33(38)34-26-11-6-7-12-26)35(22-25-10-8-14-28(20-25)41-3)32(37)23-36(27-13-9-15-29(21-27)42-4)43(39,40)30-18-16-24(2)17-19-30/h8-10,13-21,26,31H,5-7,11-12,22-23H2,1-4H3,(H,34,38). The van der Waals surface area contributed by atoms with Gasteiger partial charge in [0.1, 0.15) is 24.1 Å². The Kier molecular flexibility index (Phi) is 10.7. The number of nitrogens with zero attached hydrogens (tertiary/aromatic N) is 2. The molecule has 230 valence electrons. The maximum absolute atomic E-state index is 14.3. The molecule has 43 heavy (non-hydrogen) atoms. The number of methoxy groups -OCH3 is 2. The Hall–Kier alpha value is -4.05. The van der Waals surface area contributed by atoms with Gasteiger partial charge < -0.3 is 19.7 Å². The number of hydrogen-bond donors (Lipinski definition) is 1. The van der Waals surface area contributed by atoms with Gasteiger partial charge in [-0.3, -0.25) is 13.9 Å². The van der Waals surface area contributed by atoms with Gasteiger partial charge in [0.05, 0.1) is 24.8 Å². The van der Waals surface area contributed by atoms with Gasteiger partial charge in [-0.25, -0.2) is 8.42 Å². The molecule has 1 atom stereocenters. The summed E-state index contributed by atoms with van der Waals surface area (Å²) in [5, 5.41) is 3.13. The molecule has 0 spiro atoms. The molecule has 1 N–H and O–H groups in total. The molecule has 3 aromatic rings. The van der Waals surface area contributed by atoms with Gasteiger partial charge >= 0.3 is 0 Å². The number of carbonyl (C=O) groups is 2. The van der Waals surface area contributed by atoms with Crippen LogP contribution in [0.3, 0.4) is 0 Å². The van der Waals surface area contributed by atoms with Crippen LogP contribution in [0.15, 0.2) is 77.7 Å². The van der Waals surface area contributed by atoms with Crippen molar-refractivity contribution in [2.24, 2.45) is 0 Å². The number of anilines is 1. The van der Waals surface area contributed by atoms with E-state index in [4.69, 9.17) is 9.47 Å². The first-order valence-electron chi connectivity index (χ1n) is 14.6. The summed E-state index contributed by atoms with van der Waals surface area (Å²) in [5.41, 5.74) is 1.94. The van der Waals surface area contributed by atoms with Gasteiger partial charge in [0, 0.05) is 18.7 Å². The molecule has 0 radical (unpaired) electrons. The zero-order valence-corrected chi connectivity index (χ0v) is 26.1. The van der Waals surface area contributed by atoms with Crippen LogP contribution in [0.4, 0.5) is 5.69 Å². The molecule has 0 heterocycles. The first-order valence-corrected chi connectivity index (χ1v) is 16.1. The summed E-state index contributed by atoms with van der Waals surface area (Å²) in [6.45, 7) is 3.31. The maximum atomic E-state index is 14.3. The van der Waals surface area contributed by atoms with E-state index in [0.717, 1.165) is 41.1 Å². The van der Waals surface area contributed by atoms with E-state index in [-0.39, 0.29) is 29.1 Å². The molecule has 1 saturated carbocycles. The van der Waals surface area contributed by atoms with E-state index in [0.29, 0.717) is 17.9 Å². The lowest BCUT2D eigenvalue weighted by molar-refractivity contribution is -0.140. The molecule has 3 aromatic carbocycles. The smallest absolute Gasteiger partial charge is 0.264 e. The monoisotopic (exact) mass is 607 g/mol. The molecule has 1 fully saturated rings. The summed E-state index contributed by atoms with van der Waals surface area (Å²) < 4.78 is 40.0. The van der Waals surface area contributed by atoms with E-state index in [1.807, 2.05) is 32.0 Å². The van der Waals surface area contributed by atoms with E-state index in [9.17, 15) is 18.0 Å². The van der Waals surface area contributed by atoms with Crippen LogP contribution in [0.2, 0.25) is 0 Å². The molecule has 1 unspecified atom stereocenters. The molecular formula is C33H41N3O6S. The first-order chi connectivity index (χ1) is 20.7. The van der Waals surface area contributed by atoms with Gasteiger partial charge in [0.2, 0.25) is 11.8 Å². The van der Waals surface area contributed by atoms with Gasteiger partial charge in [0.25, 0.3) is 10.0 Å². The lowest BCUT2D eigenvalue weighted by Crippen LogP contribution is -2.53. The van der Waals surface area contributed by atoms with Crippen LogP contribution in [0.5, 0.6) is 11.5 Å². The third kappa shape index (κ3) is 7.87. The Balaban J connectivity index is 1.73. The van der Waals surface area contributed by atoms with Crippen molar-refractivity contribution in [2.45, 2.75) is 69.5 Å². The molecule has 10 heteroatoms. The predicted molar refractivity (Wildman–Crippen MR) is 167 cm³/mol. The molecule has 1 aliphatic rings. The predicted octanol–water partition coefficient (Wildman–Crippen LogP) is 5.07. The van der Waals surface area contributed by atoms with Gasteiger partial charge in [-0.15, -0.1) is 0 Å². The number of ether oxygens (including phenoxy) is 2. The summed E-state index contributed by atoms with van der Waals surface area (Å²) in [6, 6.07) is 19.6. The summed E-state index contributed by atoms with van der Waals surface area (Å²) in [4.78, 5) is 29.4. The highest BCUT2D eigenvalue weighted by atomic mass is 32.2. The van der Waals surface area contributed by atoms with Crippen LogP contribution in [0.25, 0.3) is 0 Å². The number of sulfonamides is 1. The van der Waals surface area contributed by atoms with Crippen LogP contribution in [0, 0.1) is 6.92 Å². The number of amides is 2. The van der Waals surface area contributed by atoms with Crippen molar-refractivity contribution >= 4 is 27.5 Å². The minimum Gasteiger partial charge on any atom is -0.497 e. The zero-order chi connectivity index (χ0) is 31.0. The lowest BCUT2D eigenvalue weighted by atomic mass is 10.1. The Bertz CT molecular complexity index is 1500. The van der Waals surface area contributed by atoms with Gasteiger partial charge in [-0.05, 0) is 68.1 Å². The fourth-order valence-electron chi connectivity index (χ4n) is 5.39. The largest absolute Gasteiger partial charge is 0.497 e. The Morgan fingerprint density at radius 3 is 2.19 bits per heavy atom. The first kappa shape index (κ1) is 31.9. The van der Waals surface area contributed by atoms with Crippen molar-refractivity contribution in [3.63, 3.8) is 0 Å². The van der Waals surface area contributed by atoms with E-state index >= 15 is 0 Å². The molecule has 2 amide bonds. The minimum absolute atomic E-state index is 0.0547. The van der Waals surface area contributed by atoms with Crippen LogP contribution >= 0.6 is 0 Å². The summed E-state index contributed by atoms with van der Waals surface area (Å²) >= 11 is 0. The fraction of sp³-hybridized carbons (Fsp3) is 0.394. The summed E-state index contributed by atoms with van der Waals surface area (Å²) in [7, 11) is -1.11. The van der Waals surface area contributed by atoms with Gasteiger partial charge in [-0.1, -0.05) is 55.7 Å². The van der Waals surface area contributed by atoms with Crippen molar-refractivity contribution in [1.29, 1.82) is 0 Å². The molecule has 0 aliphatic heterocycles. The third-order valence-electron chi connectivity index (χ3n) is 7.80. The average Bonchev–Trinajstić information content (AvgIpc) is 3.53. The number of hydrogen-bond acceptors (Lipinski definition) is 6. The van der Waals surface area contributed by atoms with Crippen LogP contribution in [-0.4, -0.2) is 58.0 Å². The van der Waals surface area contributed by atoms with E-state index in [2.05, 4.69) is 5.32 Å². The number of aryl methyl sites for hydroxylation is 1. The van der Waals surface area contributed by atoms with Crippen molar-refractivity contribution in [1.82, 2.24) is 10.2 Å². The van der Waals surface area contributed by atoms with Gasteiger partial charge in [-0.2, -0.15) is 0 Å². The molecular weight excluding hydrogens is 566 g/mol. The number of carbonyl (C=O) groups excluding carboxylic acids is 2. The van der Waals surface area contributed by atoms with E-state index in [1.54, 1.807) is 49.6 Å².